The van der Waals surface area contributed by atoms with E-state index in [0.29, 0.717) is 11.3 Å². The zero-order valence-corrected chi connectivity index (χ0v) is 17.5. The summed E-state index contributed by atoms with van der Waals surface area (Å²) in [5.74, 6) is 0.607. The molecule has 2 aliphatic carbocycles. The Labute approximate surface area is 169 Å². The molecule has 0 saturated heterocycles. The third-order valence-electron chi connectivity index (χ3n) is 7.99. The number of hydrogen-bond acceptors (Lipinski definition) is 1. The molecule has 146 valence electrons. The highest BCUT2D eigenvalue weighted by atomic mass is 15.2. The third-order valence-corrected chi connectivity index (χ3v) is 7.99. The molecule has 2 aromatic carbocycles. The summed E-state index contributed by atoms with van der Waals surface area (Å²) in [4.78, 5) is 6.37. The molecule has 0 bridgehead atoms. The van der Waals surface area contributed by atoms with Crippen LogP contribution in [0.2, 0.25) is 0 Å². The van der Waals surface area contributed by atoms with Crippen LogP contribution in [0.4, 0.5) is 0 Å². The van der Waals surface area contributed by atoms with E-state index in [1.807, 2.05) is 0 Å². The molecule has 2 nitrogen and oxygen atoms in total. The quantitative estimate of drug-likeness (QED) is 0.583. The first-order valence-corrected chi connectivity index (χ1v) is 10.9. The molecule has 0 amide bonds. The number of nitrogens with one attached hydrogen (secondary N) is 1. The Morgan fingerprint density at radius 3 is 2.43 bits per heavy atom. The van der Waals surface area contributed by atoms with Crippen molar-refractivity contribution in [3.8, 4) is 0 Å². The number of aromatic amines is 1. The van der Waals surface area contributed by atoms with Gasteiger partial charge in [-0.1, -0.05) is 55.5 Å². The predicted molar refractivity (Wildman–Crippen MR) is 118 cm³/mol. The number of H-pyrrole nitrogens is 1. The van der Waals surface area contributed by atoms with Gasteiger partial charge < -0.3 is 4.98 Å². The van der Waals surface area contributed by atoms with Crippen LogP contribution >= 0.6 is 0 Å². The second-order valence-corrected chi connectivity index (χ2v) is 9.45. The summed E-state index contributed by atoms with van der Waals surface area (Å²) in [6.45, 7) is 2.49. The Hall–Kier alpha value is -2.06. The van der Waals surface area contributed by atoms with Crippen LogP contribution in [0.1, 0.15) is 55.8 Å². The van der Waals surface area contributed by atoms with Gasteiger partial charge in [0.1, 0.15) is 0 Å². The largest absolute Gasteiger partial charge is 0.358 e. The number of nitrogens with zero attached hydrogens (tertiary/aromatic N) is 1. The molecule has 2 heteroatoms. The van der Waals surface area contributed by atoms with Crippen LogP contribution in [0, 0.1) is 5.92 Å². The van der Waals surface area contributed by atoms with Crippen molar-refractivity contribution in [3.05, 3.63) is 71.4 Å². The minimum Gasteiger partial charge on any atom is -0.358 e. The summed E-state index contributed by atoms with van der Waals surface area (Å²) >= 11 is 0. The number of hydrogen-bond donors (Lipinski definition) is 1. The molecule has 1 aromatic heterocycles. The minimum absolute atomic E-state index is 0.135. The van der Waals surface area contributed by atoms with Crippen molar-refractivity contribution >= 4 is 10.9 Å². The van der Waals surface area contributed by atoms with Crippen LogP contribution in [0.5, 0.6) is 0 Å². The smallest absolute Gasteiger partial charge is 0.0481 e. The van der Waals surface area contributed by atoms with Crippen LogP contribution < -0.4 is 0 Å². The molecule has 5 rings (SSSR count). The zero-order chi connectivity index (χ0) is 19.4. The number of fused-ring (bicyclic) bond motifs is 4. The summed E-state index contributed by atoms with van der Waals surface area (Å²) in [5, 5.41) is 1.46. The first kappa shape index (κ1) is 18.0. The van der Waals surface area contributed by atoms with E-state index in [0.717, 1.165) is 0 Å². The predicted octanol–water partition coefficient (Wildman–Crippen LogP) is 6.02. The van der Waals surface area contributed by atoms with Crippen molar-refractivity contribution in [3.63, 3.8) is 0 Å². The van der Waals surface area contributed by atoms with Crippen LogP contribution in [-0.4, -0.2) is 24.0 Å². The monoisotopic (exact) mass is 372 g/mol. The molecule has 3 atom stereocenters. The van der Waals surface area contributed by atoms with E-state index < -0.39 is 0 Å². The SMILES string of the molecule is CC1CC2(CCCc3c2[nH]c2ccccc32)CCC1(c1ccccc1)N(C)C. The van der Waals surface area contributed by atoms with Gasteiger partial charge in [-0.2, -0.15) is 0 Å². The van der Waals surface area contributed by atoms with Crippen molar-refractivity contribution in [1.82, 2.24) is 9.88 Å². The Kier molecular flexibility index (Phi) is 4.17. The van der Waals surface area contributed by atoms with E-state index in [4.69, 9.17) is 0 Å². The van der Waals surface area contributed by atoms with Crippen LogP contribution in [-0.2, 0) is 17.4 Å². The summed E-state index contributed by atoms with van der Waals surface area (Å²) in [7, 11) is 4.55. The van der Waals surface area contributed by atoms with Gasteiger partial charge in [0.15, 0.2) is 0 Å². The molecule has 1 fully saturated rings. The molecule has 0 aliphatic heterocycles. The van der Waals surface area contributed by atoms with E-state index in [-0.39, 0.29) is 5.54 Å². The lowest BCUT2D eigenvalue weighted by Crippen LogP contribution is -2.53. The zero-order valence-electron chi connectivity index (χ0n) is 17.5. The van der Waals surface area contributed by atoms with E-state index in [1.54, 1.807) is 11.3 Å². The van der Waals surface area contributed by atoms with E-state index >= 15 is 0 Å². The average Bonchev–Trinajstić information content (AvgIpc) is 3.09. The van der Waals surface area contributed by atoms with Gasteiger partial charge in [0.25, 0.3) is 0 Å². The summed E-state index contributed by atoms with van der Waals surface area (Å²) < 4.78 is 0. The molecule has 1 N–H and O–H groups in total. The van der Waals surface area contributed by atoms with Gasteiger partial charge in [0, 0.05) is 27.6 Å². The summed E-state index contributed by atoms with van der Waals surface area (Å²) in [5.41, 5.74) is 6.43. The molecule has 1 saturated carbocycles. The van der Waals surface area contributed by atoms with E-state index in [2.05, 4.69) is 85.5 Å². The van der Waals surface area contributed by atoms with Gasteiger partial charge in [0.05, 0.1) is 0 Å². The lowest BCUT2D eigenvalue weighted by Gasteiger charge is -2.55. The number of aryl methyl sites for hydroxylation is 1. The molecule has 1 heterocycles. The standard InChI is InChI=1S/C26H32N2/c1-19-18-25(16-17-26(19,28(2)3)20-10-5-4-6-11-20)15-9-13-22-21-12-7-8-14-23(21)27-24(22)25/h4-8,10-12,14,19,27H,9,13,15-18H2,1-3H3. The normalized spacial score (nSPS) is 30.1. The van der Waals surface area contributed by atoms with Crippen molar-refractivity contribution < 1.29 is 0 Å². The average molecular weight is 373 g/mol. The van der Waals surface area contributed by atoms with Gasteiger partial charge in [0.2, 0.25) is 0 Å². The third kappa shape index (κ3) is 2.43. The van der Waals surface area contributed by atoms with Gasteiger partial charge in [-0.15, -0.1) is 0 Å². The van der Waals surface area contributed by atoms with Crippen molar-refractivity contribution in [2.45, 2.75) is 56.4 Å². The first-order valence-electron chi connectivity index (χ1n) is 10.9. The van der Waals surface area contributed by atoms with Gasteiger partial charge in [-0.3, -0.25) is 4.90 Å². The van der Waals surface area contributed by atoms with Crippen LogP contribution in [0.3, 0.4) is 0 Å². The maximum atomic E-state index is 3.88. The topological polar surface area (TPSA) is 19.0 Å². The van der Waals surface area contributed by atoms with Crippen LogP contribution in [0.25, 0.3) is 10.9 Å². The first-order chi connectivity index (χ1) is 13.6. The Morgan fingerprint density at radius 2 is 1.68 bits per heavy atom. The lowest BCUT2D eigenvalue weighted by atomic mass is 9.55. The van der Waals surface area contributed by atoms with Crippen molar-refractivity contribution in [1.29, 1.82) is 0 Å². The fourth-order valence-corrected chi connectivity index (χ4v) is 6.71. The second kappa shape index (κ2) is 6.49. The minimum atomic E-state index is 0.135. The summed E-state index contributed by atoms with van der Waals surface area (Å²) in [6, 6.07) is 20.1. The molecular weight excluding hydrogens is 340 g/mol. The highest BCUT2D eigenvalue weighted by Gasteiger charge is 2.51. The molecule has 28 heavy (non-hydrogen) atoms. The Balaban J connectivity index is 1.58. The van der Waals surface area contributed by atoms with Crippen molar-refractivity contribution in [2.24, 2.45) is 5.92 Å². The number of para-hydroxylation sites is 1. The highest BCUT2D eigenvalue weighted by molar-refractivity contribution is 5.85. The molecule has 0 radical (unpaired) electrons. The molecule has 3 aromatic rings. The molecule has 2 aliphatic rings. The highest BCUT2D eigenvalue weighted by Crippen LogP contribution is 2.56. The number of benzene rings is 2. The maximum Gasteiger partial charge on any atom is 0.0481 e. The fraction of sp³-hybridized carbons (Fsp3) is 0.462. The van der Waals surface area contributed by atoms with Crippen LogP contribution in [0.15, 0.2) is 54.6 Å². The molecular formula is C26H32N2. The molecule has 1 spiro atoms. The maximum absolute atomic E-state index is 3.88. The molecule has 3 unspecified atom stereocenters. The number of aromatic nitrogens is 1. The van der Waals surface area contributed by atoms with Gasteiger partial charge >= 0.3 is 0 Å². The Morgan fingerprint density at radius 1 is 0.929 bits per heavy atom. The summed E-state index contributed by atoms with van der Waals surface area (Å²) in [6.07, 6.45) is 7.63. The number of rotatable bonds is 2. The van der Waals surface area contributed by atoms with E-state index in [9.17, 15) is 0 Å². The van der Waals surface area contributed by atoms with E-state index in [1.165, 1.54) is 55.0 Å². The van der Waals surface area contributed by atoms with Gasteiger partial charge in [-0.25, -0.2) is 0 Å². The second-order valence-electron chi connectivity index (χ2n) is 9.45. The fourth-order valence-electron chi connectivity index (χ4n) is 6.71. The van der Waals surface area contributed by atoms with Crippen molar-refractivity contribution in [2.75, 3.05) is 14.1 Å². The lowest BCUT2D eigenvalue weighted by molar-refractivity contribution is 0.00474. The van der Waals surface area contributed by atoms with Gasteiger partial charge in [-0.05, 0) is 75.7 Å². The Bertz CT molecular complexity index is 986.